The molecule has 0 aromatic carbocycles. The van der Waals surface area contributed by atoms with Crippen LogP contribution in [0.5, 0.6) is 0 Å². The van der Waals surface area contributed by atoms with E-state index in [1.54, 1.807) is 0 Å². The van der Waals surface area contributed by atoms with Gasteiger partial charge in [0, 0.05) is 19.3 Å². The fraction of sp³-hybridized carbons (Fsp3) is 0.911. The van der Waals surface area contributed by atoms with Gasteiger partial charge in [-0.25, -0.2) is 0 Å². The molecule has 0 saturated carbocycles. The summed E-state index contributed by atoms with van der Waals surface area (Å²) in [6, 6.07) is 0. The van der Waals surface area contributed by atoms with Crippen LogP contribution in [0.4, 0.5) is 0 Å². The first-order valence-electron chi connectivity index (χ1n) is 27.7. The molecule has 0 aromatic rings. The van der Waals surface area contributed by atoms with Crippen molar-refractivity contribution in [1.29, 1.82) is 0 Å². The molecule has 0 aliphatic carbocycles. The van der Waals surface area contributed by atoms with Gasteiger partial charge < -0.3 is 14.2 Å². The van der Waals surface area contributed by atoms with Gasteiger partial charge in [-0.05, 0) is 44.9 Å². The van der Waals surface area contributed by atoms with Crippen LogP contribution in [-0.2, 0) is 28.6 Å². The van der Waals surface area contributed by atoms with E-state index in [-0.39, 0.29) is 31.1 Å². The molecule has 0 saturated heterocycles. The Balaban J connectivity index is 4.29. The van der Waals surface area contributed by atoms with Crippen molar-refractivity contribution in [3.63, 3.8) is 0 Å². The fourth-order valence-electron chi connectivity index (χ4n) is 8.32. The first kappa shape index (κ1) is 60.2. The molecule has 0 radical (unpaired) electrons. The van der Waals surface area contributed by atoms with Crippen LogP contribution in [0.1, 0.15) is 310 Å². The van der Waals surface area contributed by atoms with Crippen LogP contribution >= 0.6 is 0 Å². The number of allylic oxidation sites excluding steroid dienone is 2. The summed E-state index contributed by atoms with van der Waals surface area (Å²) in [5.74, 6) is -0.847. The molecule has 0 aliphatic rings. The predicted octanol–water partition coefficient (Wildman–Crippen LogP) is 18.2. The number of ether oxygens (including phenoxy) is 3. The van der Waals surface area contributed by atoms with E-state index in [9.17, 15) is 14.4 Å². The molecule has 0 bridgehead atoms. The summed E-state index contributed by atoms with van der Waals surface area (Å²) in [6.07, 6.45) is 57.7. The molecular weight excluding hydrogens is 769 g/mol. The van der Waals surface area contributed by atoms with Crippen LogP contribution in [0.25, 0.3) is 0 Å². The maximum Gasteiger partial charge on any atom is 0.306 e. The number of hydrogen-bond acceptors (Lipinski definition) is 6. The summed E-state index contributed by atoms with van der Waals surface area (Å²) in [7, 11) is 0. The Morgan fingerprint density at radius 3 is 0.806 bits per heavy atom. The van der Waals surface area contributed by atoms with Gasteiger partial charge in [0.1, 0.15) is 13.2 Å². The van der Waals surface area contributed by atoms with Gasteiger partial charge in [0.15, 0.2) is 6.10 Å². The minimum Gasteiger partial charge on any atom is -0.462 e. The third-order valence-electron chi connectivity index (χ3n) is 12.5. The number of unbranched alkanes of at least 4 members (excludes halogenated alkanes) is 38. The first-order valence-corrected chi connectivity index (χ1v) is 27.7. The summed E-state index contributed by atoms with van der Waals surface area (Å²) in [4.78, 5) is 38.0. The van der Waals surface area contributed by atoms with E-state index >= 15 is 0 Å². The highest BCUT2D eigenvalue weighted by molar-refractivity contribution is 5.71. The zero-order valence-electron chi connectivity index (χ0n) is 41.9. The van der Waals surface area contributed by atoms with Crippen molar-refractivity contribution in [1.82, 2.24) is 0 Å². The molecule has 6 nitrogen and oxygen atoms in total. The minimum absolute atomic E-state index is 0.0651. The Bertz CT molecular complexity index is 962. The molecule has 6 heteroatoms. The third kappa shape index (κ3) is 49.2. The minimum atomic E-state index is -0.764. The van der Waals surface area contributed by atoms with Gasteiger partial charge in [-0.15, -0.1) is 0 Å². The van der Waals surface area contributed by atoms with Crippen molar-refractivity contribution < 1.29 is 28.6 Å². The van der Waals surface area contributed by atoms with E-state index < -0.39 is 6.10 Å². The van der Waals surface area contributed by atoms with Crippen molar-refractivity contribution in [2.45, 2.75) is 316 Å². The summed E-state index contributed by atoms with van der Waals surface area (Å²) in [5.41, 5.74) is 0. The number of esters is 3. The maximum absolute atomic E-state index is 12.8. The van der Waals surface area contributed by atoms with E-state index in [2.05, 4.69) is 32.9 Å². The highest BCUT2D eigenvalue weighted by Gasteiger charge is 2.19. The van der Waals surface area contributed by atoms with Gasteiger partial charge in [-0.3, -0.25) is 14.4 Å². The maximum atomic E-state index is 12.8. The molecule has 0 N–H and O–H groups in total. The summed E-state index contributed by atoms with van der Waals surface area (Å²) in [5, 5.41) is 0. The molecule has 0 amide bonds. The number of hydrogen-bond donors (Lipinski definition) is 0. The lowest BCUT2D eigenvalue weighted by Crippen LogP contribution is -2.30. The lowest BCUT2D eigenvalue weighted by Gasteiger charge is -2.18. The molecule has 0 aromatic heterocycles. The van der Waals surface area contributed by atoms with E-state index in [4.69, 9.17) is 14.2 Å². The quantitative estimate of drug-likeness (QED) is 0.0262. The molecule has 0 aliphatic heterocycles. The Morgan fingerprint density at radius 2 is 0.532 bits per heavy atom. The number of carbonyl (C=O) groups is 3. The smallest absolute Gasteiger partial charge is 0.306 e. The summed E-state index contributed by atoms with van der Waals surface area (Å²) >= 11 is 0. The second-order valence-corrected chi connectivity index (χ2v) is 18.9. The van der Waals surface area contributed by atoms with Crippen molar-refractivity contribution in [2.24, 2.45) is 0 Å². The third-order valence-corrected chi connectivity index (χ3v) is 12.5. The predicted molar refractivity (Wildman–Crippen MR) is 266 cm³/mol. The van der Waals surface area contributed by atoms with Crippen LogP contribution in [0.2, 0.25) is 0 Å². The molecule has 0 unspecified atom stereocenters. The number of carbonyl (C=O) groups excluding carboxylic acids is 3. The molecule has 0 fully saturated rings. The van der Waals surface area contributed by atoms with Crippen LogP contribution in [-0.4, -0.2) is 37.2 Å². The Morgan fingerprint density at radius 1 is 0.306 bits per heavy atom. The average Bonchev–Trinajstić information content (AvgIpc) is 3.27. The van der Waals surface area contributed by atoms with Gasteiger partial charge in [0.25, 0.3) is 0 Å². The zero-order chi connectivity index (χ0) is 45.1. The van der Waals surface area contributed by atoms with Crippen LogP contribution in [0.15, 0.2) is 12.2 Å². The van der Waals surface area contributed by atoms with E-state index in [0.29, 0.717) is 19.3 Å². The monoisotopic (exact) mass is 875 g/mol. The molecule has 0 spiro atoms. The number of rotatable bonds is 51. The highest BCUT2D eigenvalue weighted by Crippen LogP contribution is 2.17. The van der Waals surface area contributed by atoms with Crippen LogP contribution in [0, 0.1) is 0 Å². The summed E-state index contributed by atoms with van der Waals surface area (Å²) in [6.45, 7) is 6.67. The van der Waals surface area contributed by atoms with Crippen molar-refractivity contribution in [2.75, 3.05) is 13.2 Å². The Labute approximate surface area is 386 Å². The highest BCUT2D eigenvalue weighted by atomic mass is 16.6. The summed E-state index contributed by atoms with van der Waals surface area (Å²) < 4.78 is 16.8. The van der Waals surface area contributed by atoms with Gasteiger partial charge in [0.05, 0.1) is 0 Å². The van der Waals surface area contributed by atoms with Gasteiger partial charge in [0.2, 0.25) is 0 Å². The Hall–Kier alpha value is -1.85. The molecule has 366 valence electrons. The molecule has 62 heavy (non-hydrogen) atoms. The molecule has 0 rings (SSSR count). The van der Waals surface area contributed by atoms with E-state index in [0.717, 1.165) is 57.8 Å². The van der Waals surface area contributed by atoms with Crippen molar-refractivity contribution >= 4 is 17.9 Å². The fourth-order valence-corrected chi connectivity index (χ4v) is 8.32. The lowest BCUT2D eigenvalue weighted by atomic mass is 10.0. The van der Waals surface area contributed by atoms with Crippen molar-refractivity contribution in [3.8, 4) is 0 Å². The zero-order valence-corrected chi connectivity index (χ0v) is 41.9. The molecule has 0 heterocycles. The van der Waals surface area contributed by atoms with E-state index in [1.165, 1.54) is 212 Å². The SMILES string of the molecule is CCCCCCCC/C=C\CCCCCCCCCCCC(=O)O[C@@H](COC(=O)CCCCCCCCCCCCCC)COC(=O)CCCCCCCCCCCCCCC. The van der Waals surface area contributed by atoms with Gasteiger partial charge in [-0.1, -0.05) is 258 Å². The molecule has 1 atom stereocenters. The second kappa shape index (κ2) is 51.8. The largest absolute Gasteiger partial charge is 0.462 e. The average molecular weight is 875 g/mol. The van der Waals surface area contributed by atoms with Crippen LogP contribution < -0.4 is 0 Å². The van der Waals surface area contributed by atoms with Gasteiger partial charge >= 0.3 is 17.9 Å². The second-order valence-electron chi connectivity index (χ2n) is 18.9. The normalized spacial score (nSPS) is 12.0. The lowest BCUT2D eigenvalue weighted by molar-refractivity contribution is -0.167. The van der Waals surface area contributed by atoms with Crippen molar-refractivity contribution in [3.05, 3.63) is 12.2 Å². The van der Waals surface area contributed by atoms with Crippen LogP contribution in [0.3, 0.4) is 0 Å². The Kier molecular flexibility index (Phi) is 50.2. The topological polar surface area (TPSA) is 78.9 Å². The first-order chi connectivity index (χ1) is 30.5. The van der Waals surface area contributed by atoms with E-state index in [1.807, 2.05) is 0 Å². The standard InChI is InChI=1S/C56H106O6/c1-4-7-10-13-16-19-22-25-26-27-28-29-30-32-35-38-41-44-47-50-56(59)62-53(51-60-54(57)48-45-42-39-36-33-24-21-18-15-12-9-6-3)52-61-55(58)49-46-43-40-37-34-31-23-20-17-14-11-8-5-2/h25-26,53H,4-24,27-52H2,1-3H3/b26-25-/t53-/m0/s1. The molecular formula is C56H106O6. The van der Waals surface area contributed by atoms with Gasteiger partial charge in [-0.2, -0.15) is 0 Å².